The fourth-order valence-electron chi connectivity index (χ4n) is 1.12. The van der Waals surface area contributed by atoms with E-state index in [1.165, 1.54) is 0 Å². The Morgan fingerprint density at radius 2 is 2.19 bits per heavy atom. The third-order valence-corrected chi connectivity index (χ3v) is 2.05. The summed E-state index contributed by atoms with van der Waals surface area (Å²) in [4.78, 5) is 21.5. The van der Waals surface area contributed by atoms with Crippen LogP contribution >= 0.6 is 0 Å². The zero-order chi connectivity index (χ0) is 12.4. The number of nitrogens with one attached hydrogen (secondary N) is 2. The summed E-state index contributed by atoms with van der Waals surface area (Å²) in [5.41, 5.74) is 0. The van der Waals surface area contributed by atoms with Gasteiger partial charge in [0.2, 0.25) is 0 Å². The van der Waals surface area contributed by atoms with Crippen molar-refractivity contribution in [2.45, 2.75) is 38.6 Å². The van der Waals surface area contributed by atoms with E-state index in [2.05, 4.69) is 16.6 Å². The average Bonchev–Trinajstić information content (AvgIpc) is 2.23. The average molecular weight is 226 g/mol. The maximum Gasteiger partial charge on any atom is 0.315 e. The molecule has 0 aromatic rings. The second kappa shape index (κ2) is 8.60. The lowest BCUT2D eigenvalue weighted by atomic mass is 10.2. The van der Waals surface area contributed by atoms with Crippen molar-refractivity contribution in [3.8, 4) is 12.3 Å². The minimum absolute atomic E-state index is 0.0236. The summed E-state index contributed by atoms with van der Waals surface area (Å²) in [6.45, 7) is 2.29. The number of carboxylic acid groups (broad SMARTS) is 1. The Morgan fingerprint density at radius 1 is 1.50 bits per heavy atom. The lowest BCUT2D eigenvalue weighted by Gasteiger charge is -2.14. The SMILES string of the molecule is C#CCC(CC)NC(=O)NCCCC(=O)O. The minimum Gasteiger partial charge on any atom is -0.481 e. The van der Waals surface area contributed by atoms with Crippen LogP contribution in [0.25, 0.3) is 0 Å². The number of carbonyl (C=O) groups is 2. The summed E-state index contributed by atoms with van der Waals surface area (Å²) in [6.07, 6.45) is 6.90. The number of urea groups is 1. The van der Waals surface area contributed by atoms with Gasteiger partial charge in [0.05, 0.1) is 0 Å². The summed E-state index contributed by atoms with van der Waals surface area (Å²) < 4.78 is 0. The van der Waals surface area contributed by atoms with Crippen LogP contribution in [0.5, 0.6) is 0 Å². The van der Waals surface area contributed by atoms with E-state index in [1.54, 1.807) is 0 Å². The number of rotatable bonds is 7. The lowest BCUT2D eigenvalue weighted by molar-refractivity contribution is -0.137. The lowest BCUT2D eigenvalue weighted by Crippen LogP contribution is -2.42. The highest BCUT2D eigenvalue weighted by Crippen LogP contribution is 1.95. The van der Waals surface area contributed by atoms with Crippen molar-refractivity contribution < 1.29 is 14.7 Å². The standard InChI is InChI=1S/C11H18N2O3/c1-3-6-9(4-2)13-11(16)12-8-5-7-10(14)15/h1,9H,4-8H2,2H3,(H,14,15)(H2,12,13,16). The Balaban J connectivity index is 3.65. The van der Waals surface area contributed by atoms with Crippen LogP contribution in [0.15, 0.2) is 0 Å². The molecule has 0 aliphatic rings. The Hall–Kier alpha value is -1.70. The first-order valence-corrected chi connectivity index (χ1v) is 5.29. The molecule has 1 atom stereocenters. The van der Waals surface area contributed by atoms with Gasteiger partial charge in [0.1, 0.15) is 0 Å². The van der Waals surface area contributed by atoms with Crippen LogP contribution < -0.4 is 10.6 Å². The van der Waals surface area contributed by atoms with Gasteiger partial charge in [-0.15, -0.1) is 12.3 Å². The number of terminal acetylenes is 1. The fourth-order valence-corrected chi connectivity index (χ4v) is 1.12. The molecule has 1 unspecified atom stereocenters. The molecule has 0 spiro atoms. The molecule has 0 saturated heterocycles. The fraction of sp³-hybridized carbons (Fsp3) is 0.636. The van der Waals surface area contributed by atoms with Crippen molar-refractivity contribution >= 4 is 12.0 Å². The highest BCUT2D eigenvalue weighted by atomic mass is 16.4. The number of amides is 2. The van der Waals surface area contributed by atoms with Gasteiger partial charge in [-0.1, -0.05) is 6.92 Å². The number of aliphatic carboxylic acids is 1. The van der Waals surface area contributed by atoms with Crippen LogP contribution in [0.2, 0.25) is 0 Å². The predicted octanol–water partition coefficient (Wildman–Crippen LogP) is 0.952. The van der Waals surface area contributed by atoms with Crippen molar-refractivity contribution in [2.75, 3.05) is 6.54 Å². The maximum absolute atomic E-state index is 11.3. The van der Waals surface area contributed by atoms with Gasteiger partial charge in [0, 0.05) is 25.4 Å². The normalized spacial score (nSPS) is 11.2. The second-order valence-electron chi connectivity index (χ2n) is 3.41. The molecule has 90 valence electrons. The van der Waals surface area contributed by atoms with Gasteiger partial charge in [-0.05, 0) is 12.8 Å². The molecule has 0 aromatic heterocycles. The number of carboxylic acids is 1. The quantitative estimate of drug-likeness (QED) is 0.447. The van der Waals surface area contributed by atoms with Crippen molar-refractivity contribution in [2.24, 2.45) is 0 Å². The molecule has 0 bridgehead atoms. The molecule has 0 aliphatic carbocycles. The van der Waals surface area contributed by atoms with E-state index in [-0.39, 0.29) is 18.5 Å². The minimum atomic E-state index is -0.860. The topological polar surface area (TPSA) is 78.4 Å². The predicted molar refractivity (Wildman–Crippen MR) is 60.9 cm³/mol. The highest BCUT2D eigenvalue weighted by Gasteiger charge is 2.08. The van der Waals surface area contributed by atoms with Crippen LogP contribution in [0.3, 0.4) is 0 Å². The van der Waals surface area contributed by atoms with Gasteiger partial charge < -0.3 is 15.7 Å². The van der Waals surface area contributed by atoms with Crippen molar-refractivity contribution in [3.05, 3.63) is 0 Å². The molecule has 0 saturated carbocycles. The number of hydrogen-bond donors (Lipinski definition) is 3. The zero-order valence-electron chi connectivity index (χ0n) is 9.45. The van der Waals surface area contributed by atoms with E-state index in [0.717, 1.165) is 6.42 Å². The van der Waals surface area contributed by atoms with Crippen LogP contribution in [0, 0.1) is 12.3 Å². The van der Waals surface area contributed by atoms with E-state index >= 15 is 0 Å². The van der Waals surface area contributed by atoms with Gasteiger partial charge in [0.25, 0.3) is 0 Å². The summed E-state index contributed by atoms with van der Waals surface area (Å²) >= 11 is 0. The van der Waals surface area contributed by atoms with Gasteiger partial charge in [-0.2, -0.15) is 0 Å². The molecule has 0 aliphatic heterocycles. The van der Waals surface area contributed by atoms with Crippen molar-refractivity contribution in [3.63, 3.8) is 0 Å². The van der Waals surface area contributed by atoms with E-state index < -0.39 is 5.97 Å². The molecule has 2 amide bonds. The smallest absolute Gasteiger partial charge is 0.315 e. The summed E-state index contributed by atoms with van der Waals surface area (Å²) in [6, 6.07) is -0.322. The number of carbonyl (C=O) groups excluding carboxylic acids is 1. The van der Waals surface area contributed by atoms with Crippen LogP contribution in [-0.2, 0) is 4.79 Å². The molecule has 0 radical (unpaired) electrons. The van der Waals surface area contributed by atoms with Crippen LogP contribution in [-0.4, -0.2) is 29.7 Å². The molecule has 0 aromatic carbocycles. The molecule has 5 heteroatoms. The van der Waals surface area contributed by atoms with E-state index in [4.69, 9.17) is 11.5 Å². The zero-order valence-corrected chi connectivity index (χ0v) is 9.45. The molecule has 16 heavy (non-hydrogen) atoms. The summed E-state index contributed by atoms with van der Waals surface area (Å²) in [5.74, 6) is 1.63. The van der Waals surface area contributed by atoms with Gasteiger partial charge >= 0.3 is 12.0 Å². The Bertz CT molecular complexity index is 271. The summed E-state index contributed by atoms with van der Waals surface area (Å²) in [7, 11) is 0. The van der Waals surface area contributed by atoms with Crippen LogP contribution in [0.4, 0.5) is 4.79 Å². The molecule has 5 nitrogen and oxygen atoms in total. The Morgan fingerprint density at radius 3 is 2.69 bits per heavy atom. The third kappa shape index (κ3) is 7.68. The van der Waals surface area contributed by atoms with Crippen molar-refractivity contribution in [1.29, 1.82) is 0 Å². The Labute approximate surface area is 95.6 Å². The first kappa shape index (κ1) is 14.3. The molecule has 0 rings (SSSR count). The molecular formula is C11H18N2O3. The second-order valence-corrected chi connectivity index (χ2v) is 3.41. The monoisotopic (exact) mass is 226 g/mol. The third-order valence-electron chi connectivity index (χ3n) is 2.05. The molecule has 0 fully saturated rings. The Kier molecular flexibility index (Phi) is 7.68. The first-order valence-electron chi connectivity index (χ1n) is 5.29. The van der Waals surface area contributed by atoms with Gasteiger partial charge in [-0.3, -0.25) is 4.79 Å². The first-order chi connectivity index (χ1) is 7.60. The maximum atomic E-state index is 11.3. The van der Waals surface area contributed by atoms with Crippen molar-refractivity contribution in [1.82, 2.24) is 10.6 Å². The summed E-state index contributed by atoms with van der Waals surface area (Å²) in [5, 5.41) is 13.7. The largest absolute Gasteiger partial charge is 0.481 e. The van der Waals surface area contributed by atoms with E-state index in [0.29, 0.717) is 19.4 Å². The van der Waals surface area contributed by atoms with E-state index in [1.807, 2.05) is 6.92 Å². The van der Waals surface area contributed by atoms with Gasteiger partial charge in [-0.25, -0.2) is 4.79 Å². The molecular weight excluding hydrogens is 208 g/mol. The molecule has 3 N–H and O–H groups in total. The number of hydrogen-bond acceptors (Lipinski definition) is 2. The van der Waals surface area contributed by atoms with Crippen LogP contribution in [0.1, 0.15) is 32.6 Å². The van der Waals surface area contributed by atoms with E-state index in [9.17, 15) is 9.59 Å². The highest BCUT2D eigenvalue weighted by molar-refractivity contribution is 5.74. The van der Waals surface area contributed by atoms with Gasteiger partial charge in [0.15, 0.2) is 0 Å². The molecule has 0 heterocycles.